The van der Waals surface area contributed by atoms with Crippen molar-refractivity contribution >= 4 is 49.4 Å². The molecule has 132 valence electrons. The molecular weight excluding hydrogens is 350 g/mol. The molecule has 0 spiro atoms. The number of carbonyl (C=O) groups excluding carboxylic acids is 1. The fourth-order valence-corrected chi connectivity index (χ4v) is 3.73. The number of hydrogen-bond donors (Lipinski definition) is 2. The molecule has 1 amide bonds. The van der Waals surface area contributed by atoms with Gasteiger partial charge in [0.05, 0.1) is 15.6 Å². The summed E-state index contributed by atoms with van der Waals surface area (Å²) in [6, 6.07) is 6.01. The molecule has 3 N–H and O–H groups in total. The van der Waals surface area contributed by atoms with Crippen LogP contribution in [0.25, 0.3) is 32.5 Å². The number of benzene rings is 1. The van der Waals surface area contributed by atoms with E-state index in [1.807, 2.05) is 36.7 Å². The highest BCUT2D eigenvalue weighted by atomic mass is 32.1. The first kappa shape index (κ1) is 16.4. The van der Waals surface area contributed by atoms with Gasteiger partial charge >= 0.3 is 0 Å². The monoisotopic (exact) mass is 367 g/mol. The second-order valence-corrected chi connectivity index (χ2v) is 7.26. The Kier molecular flexibility index (Phi) is 3.80. The largest absolute Gasteiger partial charge is 0.383 e. The molecule has 3 heterocycles. The quantitative estimate of drug-likeness (QED) is 0.575. The molecule has 4 aromatic rings. The van der Waals surface area contributed by atoms with Crippen LogP contribution in [0.4, 0.5) is 10.9 Å². The van der Waals surface area contributed by atoms with Crippen LogP contribution in [0.15, 0.2) is 24.5 Å². The second-order valence-electron chi connectivity index (χ2n) is 6.23. The van der Waals surface area contributed by atoms with E-state index in [0.717, 1.165) is 26.9 Å². The molecule has 0 aliphatic rings. The Hall–Kier alpha value is -3.07. The van der Waals surface area contributed by atoms with Crippen LogP contribution < -0.4 is 11.1 Å². The van der Waals surface area contributed by atoms with E-state index in [1.165, 1.54) is 24.6 Å². The number of carbonyl (C=O) groups is 1. The number of fused-ring (bicyclic) bond motifs is 2. The van der Waals surface area contributed by atoms with Crippen LogP contribution in [-0.2, 0) is 4.79 Å². The van der Waals surface area contributed by atoms with E-state index in [1.54, 1.807) is 0 Å². The minimum Gasteiger partial charge on any atom is -0.383 e. The van der Waals surface area contributed by atoms with E-state index >= 15 is 0 Å². The number of aromatic nitrogens is 5. The SMILES string of the molecule is CC(=O)Nc1nc2cc(-c3nn(C(C)C)c4ncnc(N)c34)ccc2s1. The first-order chi connectivity index (χ1) is 12.4. The van der Waals surface area contributed by atoms with Gasteiger partial charge in [-0.05, 0) is 26.0 Å². The van der Waals surface area contributed by atoms with Gasteiger partial charge in [0.1, 0.15) is 17.8 Å². The summed E-state index contributed by atoms with van der Waals surface area (Å²) < 4.78 is 2.82. The normalized spacial score (nSPS) is 11.5. The summed E-state index contributed by atoms with van der Waals surface area (Å²) in [6.07, 6.45) is 1.45. The summed E-state index contributed by atoms with van der Waals surface area (Å²) in [4.78, 5) is 24.2. The van der Waals surface area contributed by atoms with Crippen molar-refractivity contribution in [3.8, 4) is 11.3 Å². The molecule has 0 saturated heterocycles. The van der Waals surface area contributed by atoms with Crippen molar-refractivity contribution in [1.82, 2.24) is 24.7 Å². The summed E-state index contributed by atoms with van der Waals surface area (Å²) in [5.41, 5.74) is 9.22. The highest BCUT2D eigenvalue weighted by Gasteiger charge is 2.19. The van der Waals surface area contributed by atoms with E-state index in [9.17, 15) is 4.79 Å². The van der Waals surface area contributed by atoms with Crippen LogP contribution in [-0.4, -0.2) is 30.6 Å². The molecule has 0 atom stereocenters. The maximum atomic E-state index is 11.2. The van der Waals surface area contributed by atoms with Crippen molar-refractivity contribution < 1.29 is 4.79 Å². The number of nitrogen functional groups attached to an aromatic ring is 1. The number of thiazole rings is 1. The highest BCUT2D eigenvalue weighted by Crippen LogP contribution is 2.34. The number of anilines is 2. The highest BCUT2D eigenvalue weighted by molar-refractivity contribution is 7.22. The number of nitrogens with zero attached hydrogens (tertiary/aromatic N) is 5. The lowest BCUT2D eigenvalue weighted by atomic mass is 10.1. The van der Waals surface area contributed by atoms with Gasteiger partial charge in [0.2, 0.25) is 5.91 Å². The third kappa shape index (κ3) is 2.66. The van der Waals surface area contributed by atoms with Gasteiger partial charge in [-0.25, -0.2) is 19.6 Å². The molecule has 0 aliphatic carbocycles. The standard InChI is InChI=1S/C17H17N7OS/c1-8(2)24-16-13(15(18)19-7-20-16)14(23-24)10-4-5-12-11(6-10)22-17(26-12)21-9(3)25/h4-8H,1-3H3,(H2,18,19,20)(H,21,22,25). The zero-order valence-electron chi connectivity index (χ0n) is 14.5. The van der Waals surface area contributed by atoms with Gasteiger partial charge in [0.15, 0.2) is 10.8 Å². The lowest BCUT2D eigenvalue weighted by Crippen LogP contribution is -2.04. The molecule has 26 heavy (non-hydrogen) atoms. The van der Waals surface area contributed by atoms with Crippen LogP contribution >= 0.6 is 11.3 Å². The maximum Gasteiger partial charge on any atom is 0.223 e. The van der Waals surface area contributed by atoms with Crippen molar-refractivity contribution in [2.75, 3.05) is 11.1 Å². The van der Waals surface area contributed by atoms with Crippen molar-refractivity contribution in [3.05, 3.63) is 24.5 Å². The minimum atomic E-state index is -0.143. The Morgan fingerprint density at radius 2 is 2.12 bits per heavy atom. The summed E-state index contributed by atoms with van der Waals surface area (Å²) in [5, 5.41) is 8.75. The molecule has 8 nitrogen and oxygen atoms in total. The first-order valence-corrected chi connectivity index (χ1v) is 8.93. The van der Waals surface area contributed by atoms with Gasteiger partial charge in [-0.1, -0.05) is 17.4 Å². The van der Waals surface area contributed by atoms with Gasteiger partial charge in [0, 0.05) is 18.5 Å². The van der Waals surface area contributed by atoms with E-state index in [-0.39, 0.29) is 11.9 Å². The molecule has 9 heteroatoms. The molecule has 0 bridgehead atoms. The van der Waals surface area contributed by atoms with Gasteiger partial charge in [-0.15, -0.1) is 0 Å². The lowest BCUT2D eigenvalue weighted by Gasteiger charge is -2.05. The Balaban J connectivity index is 1.91. The van der Waals surface area contributed by atoms with Gasteiger partial charge in [0.25, 0.3) is 0 Å². The number of nitrogens with two attached hydrogens (primary N) is 1. The van der Waals surface area contributed by atoms with Gasteiger partial charge in [-0.2, -0.15) is 5.10 Å². The average molecular weight is 367 g/mol. The Bertz CT molecular complexity index is 1140. The lowest BCUT2D eigenvalue weighted by molar-refractivity contribution is -0.114. The Morgan fingerprint density at radius 3 is 2.85 bits per heavy atom. The van der Waals surface area contributed by atoms with E-state index in [0.29, 0.717) is 16.6 Å². The fraction of sp³-hybridized carbons (Fsp3) is 0.235. The first-order valence-electron chi connectivity index (χ1n) is 8.11. The minimum absolute atomic E-state index is 0.134. The molecule has 3 aromatic heterocycles. The van der Waals surface area contributed by atoms with E-state index < -0.39 is 0 Å². The maximum absolute atomic E-state index is 11.2. The number of nitrogens with one attached hydrogen (secondary N) is 1. The van der Waals surface area contributed by atoms with Crippen molar-refractivity contribution in [3.63, 3.8) is 0 Å². The van der Waals surface area contributed by atoms with Gasteiger partial charge in [-0.3, -0.25) is 4.79 Å². The van der Waals surface area contributed by atoms with Crippen molar-refractivity contribution in [1.29, 1.82) is 0 Å². The molecule has 1 aromatic carbocycles. The van der Waals surface area contributed by atoms with Crippen LogP contribution in [0, 0.1) is 0 Å². The molecule has 0 radical (unpaired) electrons. The zero-order valence-corrected chi connectivity index (χ0v) is 15.3. The third-order valence-electron chi connectivity index (χ3n) is 3.95. The number of rotatable bonds is 3. The molecule has 0 fully saturated rings. The van der Waals surface area contributed by atoms with Crippen LogP contribution in [0.1, 0.15) is 26.8 Å². The molecule has 4 rings (SSSR count). The van der Waals surface area contributed by atoms with Crippen LogP contribution in [0.3, 0.4) is 0 Å². The predicted molar refractivity (Wildman–Crippen MR) is 103 cm³/mol. The van der Waals surface area contributed by atoms with Gasteiger partial charge < -0.3 is 11.1 Å². The van der Waals surface area contributed by atoms with E-state index in [2.05, 4.69) is 20.3 Å². The number of hydrogen-bond acceptors (Lipinski definition) is 7. The summed E-state index contributed by atoms with van der Waals surface area (Å²) in [5.74, 6) is 0.255. The summed E-state index contributed by atoms with van der Waals surface area (Å²) >= 11 is 1.43. The number of amides is 1. The Labute approximate surface area is 153 Å². The zero-order chi connectivity index (χ0) is 18.4. The second kappa shape index (κ2) is 6.03. The van der Waals surface area contributed by atoms with Crippen LogP contribution in [0.2, 0.25) is 0 Å². The fourth-order valence-electron chi connectivity index (χ4n) is 2.84. The average Bonchev–Trinajstić information content (AvgIpc) is 3.14. The molecule has 0 aliphatic heterocycles. The molecule has 0 unspecified atom stereocenters. The third-order valence-corrected chi connectivity index (χ3v) is 4.90. The molecular formula is C17H17N7OS. The smallest absolute Gasteiger partial charge is 0.223 e. The van der Waals surface area contributed by atoms with Crippen LogP contribution in [0.5, 0.6) is 0 Å². The molecule has 0 saturated carbocycles. The predicted octanol–water partition coefficient (Wildman–Crippen LogP) is 3.22. The summed E-state index contributed by atoms with van der Waals surface area (Å²) in [7, 11) is 0. The van der Waals surface area contributed by atoms with Crippen molar-refractivity contribution in [2.24, 2.45) is 0 Å². The topological polar surface area (TPSA) is 112 Å². The Morgan fingerprint density at radius 1 is 1.31 bits per heavy atom. The van der Waals surface area contributed by atoms with E-state index in [4.69, 9.17) is 10.8 Å². The summed E-state index contributed by atoms with van der Waals surface area (Å²) in [6.45, 7) is 5.54. The van der Waals surface area contributed by atoms with Crippen molar-refractivity contribution in [2.45, 2.75) is 26.8 Å².